The second-order valence-electron chi connectivity index (χ2n) is 5.11. The van der Waals surface area contributed by atoms with Crippen molar-refractivity contribution in [2.45, 2.75) is 32.5 Å². The van der Waals surface area contributed by atoms with E-state index in [0.717, 1.165) is 19.7 Å². The zero-order valence-electron chi connectivity index (χ0n) is 11.8. The predicted octanol–water partition coefficient (Wildman–Crippen LogP) is 2.08. The maximum atomic E-state index is 11.4. The summed E-state index contributed by atoms with van der Waals surface area (Å²) >= 11 is 0. The van der Waals surface area contributed by atoms with Gasteiger partial charge < -0.3 is 9.47 Å². The van der Waals surface area contributed by atoms with Crippen LogP contribution in [0.25, 0.3) is 0 Å². The smallest absolute Gasteiger partial charge is 0.337 e. The summed E-state index contributed by atoms with van der Waals surface area (Å²) in [5, 5.41) is 0. The van der Waals surface area contributed by atoms with E-state index in [0.29, 0.717) is 11.6 Å². The van der Waals surface area contributed by atoms with Gasteiger partial charge in [-0.3, -0.25) is 4.90 Å². The second-order valence-corrected chi connectivity index (χ2v) is 5.11. The molecule has 2 atom stereocenters. The quantitative estimate of drug-likeness (QED) is 0.783. The molecule has 4 heteroatoms. The van der Waals surface area contributed by atoms with Gasteiger partial charge in [0.05, 0.1) is 25.4 Å². The Morgan fingerprint density at radius 1 is 1.37 bits per heavy atom. The molecule has 19 heavy (non-hydrogen) atoms. The summed E-state index contributed by atoms with van der Waals surface area (Å²) in [5.74, 6) is -0.292. The van der Waals surface area contributed by atoms with Gasteiger partial charge in [0.2, 0.25) is 0 Å². The molecule has 1 aromatic carbocycles. The molecule has 2 rings (SSSR count). The lowest BCUT2D eigenvalue weighted by Crippen LogP contribution is -2.46. The second kappa shape index (κ2) is 6.17. The Morgan fingerprint density at radius 3 is 2.68 bits per heavy atom. The molecule has 104 valence electrons. The van der Waals surface area contributed by atoms with Crippen molar-refractivity contribution < 1.29 is 14.3 Å². The van der Waals surface area contributed by atoms with Gasteiger partial charge in [-0.05, 0) is 31.5 Å². The van der Waals surface area contributed by atoms with E-state index in [1.807, 2.05) is 24.3 Å². The molecule has 0 saturated carbocycles. The van der Waals surface area contributed by atoms with Gasteiger partial charge in [-0.15, -0.1) is 0 Å². The molecule has 1 fully saturated rings. The van der Waals surface area contributed by atoms with Gasteiger partial charge in [0.15, 0.2) is 0 Å². The van der Waals surface area contributed by atoms with Crippen LogP contribution in [0.15, 0.2) is 24.3 Å². The molecule has 1 heterocycles. The highest BCUT2D eigenvalue weighted by Crippen LogP contribution is 2.16. The Balaban J connectivity index is 2.00. The third-order valence-electron chi connectivity index (χ3n) is 3.50. The minimum absolute atomic E-state index is 0.283. The summed E-state index contributed by atoms with van der Waals surface area (Å²) in [7, 11) is 1.40. The lowest BCUT2D eigenvalue weighted by Gasteiger charge is -2.36. The van der Waals surface area contributed by atoms with Gasteiger partial charge in [0.25, 0.3) is 0 Å². The average molecular weight is 263 g/mol. The van der Waals surface area contributed by atoms with Crippen molar-refractivity contribution in [1.29, 1.82) is 0 Å². The fourth-order valence-electron chi connectivity index (χ4n) is 2.29. The molecule has 4 nitrogen and oxygen atoms in total. The monoisotopic (exact) mass is 263 g/mol. The van der Waals surface area contributed by atoms with Crippen molar-refractivity contribution in [3.05, 3.63) is 35.4 Å². The van der Waals surface area contributed by atoms with E-state index in [-0.39, 0.29) is 12.1 Å². The van der Waals surface area contributed by atoms with Crippen LogP contribution < -0.4 is 0 Å². The van der Waals surface area contributed by atoms with E-state index in [2.05, 4.69) is 18.7 Å². The molecule has 1 aromatic rings. The lowest BCUT2D eigenvalue weighted by atomic mass is 10.1. The molecule has 1 saturated heterocycles. The summed E-state index contributed by atoms with van der Waals surface area (Å²) in [4.78, 5) is 13.8. The predicted molar refractivity (Wildman–Crippen MR) is 73.1 cm³/mol. The van der Waals surface area contributed by atoms with Crippen LogP contribution in [0.1, 0.15) is 29.8 Å². The maximum Gasteiger partial charge on any atom is 0.337 e. The Bertz CT molecular complexity index is 430. The van der Waals surface area contributed by atoms with Crippen LogP contribution in [0.5, 0.6) is 0 Å². The third kappa shape index (κ3) is 3.55. The lowest BCUT2D eigenvalue weighted by molar-refractivity contribution is -0.0526. The average Bonchev–Trinajstić information content (AvgIpc) is 2.43. The van der Waals surface area contributed by atoms with Gasteiger partial charge in [0.1, 0.15) is 0 Å². The minimum atomic E-state index is -0.292. The van der Waals surface area contributed by atoms with Crippen LogP contribution in [-0.4, -0.2) is 43.3 Å². The van der Waals surface area contributed by atoms with Crippen molar-refractivity contribution in [2.24, 2.45) is 0 Å². The molecule has 0 aromatic heterocycles. The van der Waals surface area contributed by atoms with Crippen LogP contribution in [0.4, 0.5) is 0 Å². The molecule has 0 radical (unpaired) electrons. The van der Waals surface area contributed by atoms with Gasteiger partial charge in [-0.2, -0.15) is 0 Å². The molecule has 0 unspecified atom stereocenters. The zero-order chi connectivity index (χ0) is 13.8. The van der Waals surface area contributed by atoms with Crippen molar-refractivity contribution in [1.82, 2.24) is 4.90 Å². The van der Waals surface area contributed by atoms with E-state index >= 15 is 0 Å². The molecule has 0 spiro atoms. The van der Waals surface area contributed by atoms with Crippen LogP contribution in [0, 0.1) is 0 Å². The fourth-order valence-corrected chi connectivity index (χ4v) is 2.29. The van der Waals surface area contributed by atoms with Crippen molar-refractivity contribution in [3.8, 4) is 0 Å². The number of ether oxygens (including phenoxy) is 2. The highest BCUT2D eigenvalue weighted by atomic mass is 16.5. The van der Waals surface area contributed by atoms with Crippen LogP contribution in [0.3, 0.4) is 0 Å². The summed E-state index contributed by atoms with van der Waals surface area (Å²) in [6.07, 6.45) is 0.283. The van der Waals surface area contributed by atoms with E-state index < -0.39 is 0 Å². The number of carbonyl (C=O) groups excluding carboxylic acids is 1. The van der Waals surface area contributed by atoms with E-state index in [9.17, 15) is 4.79 Å². The minimum Gasteiger partial charge on any atom is -0.465 e. The van der Waals surface area contributed by atoms with Gasteiger partial charge >= 0.3 is 5.97 Å². The molecule has 1 aliphatic heterocycles. The molecule has 0 aliphatic carbocycles. The first kappa shape index (κ1) is 14.0. The van der Waals surface area contributed by atoms with Crippen LogP contribution in [-0.2, 0) is 16.0 Å². The number of hydrogen-bond donors (Lipinski definition) is 0. The normalized spacial score (nSPS) is 24.2. The van der Waals surface area contributed by atoms with E-state index in [4.69, 9.17) is 9.47 Å². The van der Waals surface area contributed by atoms with Crippen molar-refractivity contribution in [3.63, 3.8) is 0 Å². The Labute approximate surface area is 114 Å². The first-order chi connectivity index (χ1) is 9.10. The number of methoxy groups -OCH3 is 1. The Morgan fingerprint density at radius 2 is 2.05 bits per heavy atom. The topological polar surface area (TPSA) is 38.8 Å². The standard InChI is InChI=1S/C15H21NO3/c1-11-10-19-12(2)8-16(11)9-13-4-6-14(7-5-13)15(17)18-3/h4-7,11-12H,8-10H2,1-3H3/t11-,12+/m1/s1. The number of nitrogens with zero attached hydrogens (tertiary/aromatic N) is 1. The molecule has 1 aliphatic rings. The summed E-state index contributed by atoms with van der Waals surface area (Å²) in [6.45, 7) is 6.88. The number of carbonyl (C=O) groups is 1. The van der Waals surface area contributed by atoms with Crippen molar-refractivity contribution >= 4 is 5.97 Å². The summed E-state index contributed by atoms with van der Waals surface area (Å²) < 4.78 is 10.3. The highest BCUT2D eigenvalue weighted by molar-refractivity contribution is 5.89. The SMILES string of the molecule is COC(=O)c1ccc(CN2C[C@H](C)OC[C@H]2C)cc1. The number of esters is 1. The third-order valence-corrected chi connectivity index (χ3v) is 3.50. The largest absolute Gasteiger partial charge is 0.465 e. The molecule has 0 amide bonds. The number of rotatable bonds is 3. The maximum absolute atomic E-state index is 11.4. The van der Waals surface area contributed by atoms with E-state index in [1.165, 1.54) is 12.7 Å². The number of morpholine rings is 1. The highest BCUT2D eigenvalue weighted by Gasteiger charge is 2.23. The molecular formula is C15H21NO3. The molecule has 0 N–H and O–H groups in total. The molecule has 0 bridgehead atoms. The Hall–Kier alpha value is -1.39. The van der Waals surface area contributed by atoms with Gasteiger partial charge in [-0.1, -0.05) is 12.1 Å². The van der Waals surface area contributed by atoms with Gasteiger partial charge in [-0.25, -0.2) is 4.79 Å². The molecular weight excluding hydrogens is 242 g/mol. The zero-order valence-corrected chi connectivity index (χ0v) is 11.8. The van der Waals surface area contributed by atoms with Crippen LogP contribution >= 0.6 is 0 Å². The summed E-state index contributed by atoms with van der Waals surface area (Å²) in [6, 6.07) is 8.03. The fraction of sp³-hybridized carbons (Fsp3) is 0.533. The number of hydrogen-bond acceptors (Lipinski definition) is 4. The van der Waals surface area contributed by atoms with E-state index in [1.54, 1.807) is 0 Å². The number of benzene rings is 1. The first-order valence-corrected chi connectivity index (χ1v) is 6.63. The Kier molecular flexibility index (Phi) is 4.56. The van der Waals surface area contributed by atoms with Crippen molar-refractivity contribution in [2.75, 3.05) is 20.3 Å². The van der Waals surface area contributed by atoms with Crippen LogP contribution in [0.2, 0.25) is 0 Å². The first-order valence-electron chi connectivity index (χ1n) is 6.63. The van der Waals surface area contributed by atoms with Gasteiger partial charge in [0, 0.05) is 19.1 Å². The summed E-state index contributed by atoms with van der Waals surface area (Å²) in [5.41, 5.74) is 1.79.